The van der Waals surface area contributed by atoms with Crippen LogP contribution in [0.4, 0.5) is 0 Å². The van der Waals surface area contributed by atoms with Crippen molar-refractivity contribution in [3.05, 3.63) is 64.2 Å². The highest BCUT2D eigenvalue weighted by Gasteiger charge is 2.36. The molecule has 3 aliphatic rings. The summed E-state index contributed by atoms with van der Waals surface area (Å²) in [6, 6.07) is 10.3. The molecule has 1 saturated heterocycles. The minimum absolute atomic E-state index is 0.0535. The number of benzene rings is 1. The molecule has 2 atom stereocenters. The maximum absolute atomic E-state index is 13.8. The van der Waals surface area contributed by atoms with Gasteiger partial charge in [0.1, 0.15) is 17.6 Å². The normalized spacial score (nSPS) is 22.9. The van der Waals surface area contributed by atoms with Crippen LogP contribution in [-0.2, 0) is 0 Å². The molecule has 3 aliphatic heterocycles. The van der Waals surface area contributed by atoms with Gasteiger partial charge in [0.05, 0.1) is 31.6 Å². The summed E-state index contributed by atoms with van der Waals surface area (Å²) in [4.78, 5) is 27.7. The van der Waals surface area contributed by atoms with Crippen molar-refractivity contribution in [3.8, 4) is 10.4 Å². The number of piperidine rings is 1. The zero-order chi connectivity index (χ0) is 23.1. The van der Waals surface area contributed by atoms with Gasteiger partial charge in [-0.25, -0.2) is 9.88 Å². The molecule has 0 spiro atoms. The van der Waals surface area contributed by atoms with Gasteiger partial charge in [-0.15, -0.1) is 11.3 Å². The van der Waals surface area contributed by atoms with Crippen LogP contribution in [0, 0.1) is 6.92 Å². The molecule has 1 unspecified atom stereocenters. The van der Waals surface area contributed by atoms with Gasteiger partial charge in [0, 0.05) is 24.7 Å². The zero-order valence-electron chi connectivity index (χ0n) is 19.3. The molecular weight excluding hydrogens is 498 g/mol. The first-order valence-corrected chi connectivity index (χ1v) is 13.1. The molecule has 2 aromatic rings. The summed E-state index contributed by atoms with van der Waals surface area (Å²) in [6.45, 7) is 7.82. The molecule has 0 saturated carbocycles. The summed E-state index contributed by atoms with van der Waals surface area (Å²) < 4.78 is 2.10. The zero-order valence-corrected chi connectivity index (χ0v) is 21.7. The Morgan fingerprint density at radius 1 is 1.21 bits per heavy atom. The SMILES string of the molecule is CC1=C(C)N(Br)C[NH+]2C=C(C[C@@H]3CCCCN3C(=O)c3nc(C)sc3-c3ccccc3)N=C12. The third kappa shape index (κ3) is 4.32. The van der Waals surface area contributed by atoms with E-state index in [0.717, 1.165) is 65.9 Å². The van der Waals surface area contributed by atoms with Crippen LogP contribution in [0.5, 0.6) is 0 Å². The maximum Gasteiger partial charge on any atom is 0.274 e. The van der Waals surface area contributed by atoms with Gasteiger partial charge < -0.3 is 4.90 Å². The van der Waals surface area contributed by atoms with Crippen LogP contribution in [0.15, 0.2) is 58.5 Å². The highest BCUT2D eigenvalue weighted by molar-refractivity contribution is 9.07. The molecule has 1 aromatic carbocycles. The number of nitrogens with one attached hydrogen (secondary N) is 1. The fraction of sp³-hybridized carbons (Fsp3) is 0.400. The second kappa shape index (κ2) is 9.16. The smallest absolute Gasteiger partial charge is 0.274 e. The Labute approximate surface area is 207 Å². The average Bonchev–Trinajstić information content (AvgIpc) is 3.41. The van der Waals surface area contributed by atoms with Crippen molar-refractivity contribution in [1.82, 2.24) is 13.8 Å². The van der Waals surface area contributed by atoms with E-state index in [1.807, 2.05) is 25.1 Å². The van der Waals surface area contributed by atoms with E-state index < -0.39 is 0 Å². The van der Waals surface area contributed by atoms with E-state index in [4.69, 9.17) is 4.99 Å². The van der Waals surface area contributed by atoms with E-state index >= 15 is 0 Å². The molecule has 5 rings (SSSR count). The van der Waals surface area contributed by atoms with Gasteiger partial charge in [0.2, 0.25) is 5.84 Å². The number of quaternary nitrogens is 1. The molecule has 0 bridgehead atoms. The Morgan fingerprint density at radius 2 is 2.00 bits per heavy atom. The number of aromatic nitrogens is 1. The molecule has 1 N–H and O–H groups in total. The Balaban J connectivity index is 1.40. The number of aryl methyl sites for hydroxylation is 1. The number of rotatable bonds is 4. The monoisotopic (exact) mass is 526 g/mol. The van der Waals surface area contributed by atoms with Crippen molar-refractivity contribution in [1.29, 1.82) is 0 Å². The fourth-order valence-electron chi connectivity index (χ4n) is 4.90. The van der Waals surface area contributed by atoms with Crippen LogP contribution >= 0.6 is 27.5 Å². The average molecular weight is 528 g/mol. The van der Waals surface area contributed by atoms with E-state index in [9.17, 15) is 4.79 Å². The van der Waals surface area contributed by atoms with Gasteiger partial charge in [-0.1, -0.05) is 30.3 Å². The standard InChI is InChI=1S/C25H28BrN5OS/c1-16-17(2)31(26)15-29-14-20(28-24(16)29)13-21-11-7-8-12-30(21)25(32)22-23(33-18(3)27-22)19-9-5-4-6-10-19/h4-6,9-10,14,21H,7-8,11-13,15H2,1-3H3/p+1/t21-/m0/s1. The predicted octanol–water partition coefficient (Wildman–Crippen LogP) is 4.52. The number of hydrogen-bond donors (Lipinski definition) is 1. The third-order valence-electron chi connectivity index (χ3n) is 6.78. The minimum Gasteiger partial charge on any atom is -0.334 e. The van der Waals surface area contributed by atoms with Gasteiger partial charge in [-0.05, 0) is 45.6 Å². The van der Waals surface area contributed by atoms with Crippen molar-refractivity contribution in [3.63, 3.8) is 0 Å². The van der Waals surface area contributed by atoms with Gasteiger partial charge >= 0.3 is 0 Å². The molecule has 6 nitrogen and oxygen atoms in total. The lowest BCUT2D eigenvalue weighted by molar-refractivity contribution is -0.755. The molecule has 1 aromatic heterocycles. The first kappa shape index (κ1) is 22.5. The summed E-state index contributed by atoms with van der Waals surface area (Å²) in [5.41, 5.74) is 5.14. The number of carbonyl (C=O) groups excluding carboxylic acids is 1. The first-order valence-electron chi connectivity index (χ1n) is 11.5. The van der Waals surface area contributed by atoms with Crippen molar-refractivity contribution < 1.29 is 9.69 Å². The van der Waals surface area contributed by atoms with Crippen LogP contribution in [-0.4, -0.2) is 44.8 Å². The lowest BCUT2D eigenvalue weighted by Gasteiger charge is -2.35. The number of likely N-dealkylation sites (tertiary alicyclic amines) is 1. The van der Waals surface area contributed by atoms with E-state index in [1.165, 1.54) is 16.2 Å². The molecule has 4 heterocycles. The van der Waals surface area contributed by atoms with Gasteiger partial charge in [0.25, 0.3) is 5.91 Å². The summed E-state index contributed by atoms with van der Waals surface area (Å²) in [5.74, 6) is 1.16. The van der Waals surface area contributed by atoms with Crippen LogP contribution in [0.3, 0.4) is 0 Å². The molecule has 1 fully saturated rings. The molecule has 1 amide bonds. The Kier molecular flexibility index (Phi) is 6.24. The number of hydrogen-bond acceptors (Lipinski definition) is 5. The quantitative estimate of drug-likeness (QED) is 0.596. The van der Waals surface area contributed by atoms with Crippen LogP contribution < -0.4 is 4.90 Å². The van der Waals surface area contributed by atoms with Gasteiger partial charge in [-0.2, -0.15) is 4.99 Å². The van der Waals surface area contributed by atoms with Gasteiger partial charge in [0.15, 0.2) is 6.67 Å². The second-order valence-corrected chi connectivity index (χ2v) is 11.0. The summed E-state index contributed by atoms with van der Waals surface area (Å²) in [6.07, 6.45) is 6.20. The first-order chi connectivity index (χ1) is 15.9. The number of aliphatic imine (C=N–C) groups is 1. The largest absolute Gasteiger partial charge is 0.334 e. The van der Waals surface area contributed by atoms with Crippen molar-refractivity contribution in [2.45, 2.75) is 52.5 Å². The van der Waals surface area contributed by atoms with Crippen molar-refractivity contribution in [2.24, 2.45) is 4.99 Å². The molecule has 0 aliphatic carbocycles. The summed E-state index contributed by atoms with van der Waals surface area (Å²) in [7, 11) is 0. The van der Waals surface area contributed by atoms with Crippen molar-refractivity contribution in [2.75, 3.05) is 13.2 Å². The number of amides is 1. The molecular formula is C25H29BrN5OS+. The number of carbonyl (C=O) groups is 1. The van der Waals surface area contributed by atoms with E-state index in [2.05, 4.69) is 62.1 Å². The fourth-order valence-corrected chi connectivity index (χ4v) is 6.36. The lowest BCUT2D eigenvalue weighted by atomic mass is 9.97. The van der Waals surface area contributed by atoms with E-state index in [-0.39, 0.29) is 11.9 Å². The number of allylic oxidation sites excluding steroid dienone is 1. The number of fused-ring (bicyclic) bond motifs is 1. The number of amidine groups is 1. The maximum atomic E-state index is 13.8. The number of halogens is 1. The van der Waals surface area contributed by atoms with Crippen LogP contribution in [0.1, 0.15) is 55.0 Å². The Morgan fingerprint density at radius 3 is 2.79 bits per heavy atom. The highest BCUT2D eigenvalue weighted by atomic mass is 79.9. The van der Waals surface area contributed by atoms with Crippen LogP contribution in [0.2, 0.25) is 0 Å². The molecule has 0 radical (unpaired) electrons. The number of nitrogens with zero attached hydrogens (tertiary/aromatic N) is 4. The highest BCUT2D eigenvalue weighted by Crippen LogP contribution is 2.33. The molecule has 33 heavy (non-hydrogen) atoms. The Bertz CT molecular complexity index is 1170. The number of thiazole rings is 1. The van der Waals surface area contributed by atoms with E-state index in [1.54, 1.807) is 11.3 Å². The van der Waals surface area contributed by atoms with Crippen LogP contribution in [0.25, 0.3) is 10.4 Å². The third-order valence-corrected chi connectivity index (χ3v) is 8.58. The summed E-state index contributed by atoms with van der Waals surface area (Å²) in [5, 5.41) is 0.924. The minimum atomic E-state index is 0.0535. The lowest BCUT2D eigenvalue weighted by Crippen LogP contribution is -3.11. The molecule has 8 heteroatoms. The van der Waals surface area contributed by atoms with E-state index in [0.29, 0.717) is 5.69 Å². The topological polar surface area (TPSA) is 53.2 Å². The predicted molar refractivity (Wildman–Crippen MR) is 136 cm³/mol. The second-order valence-electron chi connectivity index (χ2n) is 8.98. The van der Waals surface area contributed by atoms with Crippen molar-refractivity contribution >= 4 is 39.2 Å². The Hall–Kier alpha value is -2.29. The van der Waals surface area contributed by atoms with Gasteiger partial charge in [-0.3, -0.25) is 8.72 Å². The summed E-state index contributed by atoms with van der Waals surface area (Å²) >= 11 is 5.24. The molecule has 172 valence electrons.